The number of rotatable bonds is 1. The highest BCUT2D eigenvalue weighted by Crippen LogP contribution is 2.25. The highest BCUT2D eigenvalue weighted by molar-refractivity contribution is 5.07. The molecule has 0 N–H and O–H groups in total. The lowest BCUT2D eigenvalue weighted by Crippen LogP contribution is -2.35. The van der Waals surface area contributed by atoms with E-state index in [0.717, 1.165) is 0 Å². The molecule has 0 aromatic rings. The van der Waals surface area contributed by atoms with Gasteiger partial charge in [0.15, 0.2) is 0 Å². The molecular weight excluding hydrogens is 146 g/mol. The summed E-state index contributed by atoms with van der Waals surface area (Å²) in [5.41, 5.74) is 0. The summed E-state index contributed by atoms with van der Waals surface area (Å²) in [6.07, 6.45) is 1.25. The Bertz CT molecular complexity index is 197. The summed E-state index contributed by atoms with van der Waals surface area (Å²) in [6.45, 7) is 9.97. The van der Waals surface area contributed by atoms with E-state index in [1.54, 1.807) is 0 Å². The first kappa shape index (κ1) is 9.61. The van der Waals surface area contributed by atoms with Crippen LogP contribution in [0.15, 0.2) is 0 Å². The molecule has 0 radical (unpaired) electrons. The van der Waals surface area contributed by atoms with Crippen LogP contribution in [0, 0.1) is 17.8 Å². The average Bonchev–Trinajstić information content (AvgIpc) is 2.34. The van der Waals surface area contributed by atoms with Gasteiger partial charge in [-0.2, -0.15) is 0 Å². The summed E-state index contributed by atoms with van der Waals surface area (Å²) in [6, 6.07) is 1.32. The van der Waals surface area contributed by atoms with Crippen molar-refractivity contribution in [2.75, 3.05) is 6.54 Å². The predicted molar refractivity (Wildman–Crippen MR) is 52.9 cm³/mol. The average molecular weight is 165 g/mol. The van der Waals surface area contributed by atoms with Gasteiger partial charge < -0.3 is 0 Å². The second-order valence-electron chi connectivity index (χ2n) is 3.86. The van der Waals surface area contributed by atoms with Gasteiger partial charge in [-0.05, 0) is 40.7 Å². The summed E-state index contributed by atoms with van der Waals surface area (Å²) < 4.78 is 0. The number of likely N-dealkylation sites (tertiary alicyclic amines) is 1. The van der Waals surface area contributed by atoms with E-state index >= 15 is 0 Å². The van der Waals surface area contributed by atoms with Gasteiger partial charge in [0.1, 0.15) is 0 Å². The maximum atomic E-state index is 3.29. The van der Waals surface area contributed by atoms with Crippen LogP contribution in [0.1, 0.15) is 34.1 Å². The van der Waals surface area contributed by atoms with Gasteiger partial charge in [-0.3, -0.25) is 4.90 Å². The van der Waals surface area contributed by atoms with E-state index in [-0.39, 0.29) is 0 Å². The first-order valence-corrected chi connectivity index (χ1v) is 4.84. The van der Waals surface area contributed by atoms with Crippen molar-refractivity contribution in [2.45, 2.75) is 46.2 Å². The van der Waals surface area contributed by atoms with Gasteiger partial charge in [0.05, 0.1) is 0 Å². The predicted octanol–water partition coefficient (Wildman–Crippen LogP) is 2.13. The fourth-order valence-corrected chi connectivity index (χ4v) is 2.07. The Hall–Kier alpha value is -0.480. The van der Waals surface area contributed by atoms with E-state index in [9.17, 15) is 0 Å². The highest BCUT2D eigenvalue weighted by Gasteiger charge is 2.30. The zero-order chi connectivity index (χ0) is 9.14. The van der Waals surface area contributed by atoms with Crippen molar-refractivity contribution >= 4 is 0 Å². The molecule has 0 spiro atoms. The molecule has 0 aromatic heterocycles. The molecule has 12 heavy (non-hydrogen) atoms. The second-order valence-corrected chi connectivity index (χ2v) is 3.86. The lowest BCUT2D eigenvalue weighted by atomic mass is 10.0. The van der Waals surface area contributed by atoms with Crippen molar-refractivity contribution in [3.8, 4) is 11.8 Å². The molecule has 1 aliphatic heterocycles. The maximum Gasteiger partial charge on any atom is 0.0368 e. The number of hydrogen-bond donors (Lipinski definition) is 0. The van der Waals surface area contributed by atoms with E-state index < -0.39 is 0 Å². The molecule has 0 bridgehead atoms. The van der Waals surface area contributed by atoms with Crippen LogP contribution in [0.3, 0.4) is 0 Å². The van der Waals surface area contributed by atoms with Crippen LogP contribution in [0.25, 0.3) is 0 Å². The molecule has 68 valence electrons. The van der Waals surface area contributed by atoms with Crippen LogP contribution in [0.4, 0.5) is 0 Å². The van der Waals surface area contributed by atoms with E-state index in [2.05, 4.69) is 37.5 Å². The van der Waals surface area contributed by atoms with Crippen LogP contribution < -0.4 is 0 Å². The summed E-state index contributed by atoms with van der Waals surface area (Å²) in [5.74, 6) is 6.92. The molecule has 0 amide bonds. The minimum absolute atomic E-state index is 0.609. The molecule has 0 aliphatic carbocycles. The van der Waals surface area contributed by atoms with Gasteiger partial charge >= 0.3 is 0 Å². The third kappa shape index (κ3) is 1.81. The molecule has 2 atom stereocenters. The standard InChI is InChI=1S/C11H19N/c1-5-6-11-7-8-12(9(2)3)10(11)4/h9-11H,7-8H2,1-4H3. The quantitative estimate of drug-likeness (QED) is 0.538. The van der Waals surface area contributed by atoms with Gasteiger partial charge in [0.25, 0.3) is 0 Å². The highest BCUT2D eigenvalue weighted by atomic mass is 15.2. The van der Waals surface area contributed by atoms with Crippen LogP contribution in [-0.4, -0.2) is 23.5 Å². The Morgan fingerprint density at radius 2 is 2.08 bits per heavy atom. The normalized spacial score (nSPS) is 30.4. The summed E-state index contributed by atoms with van der Waals surface area (Å²) in [5, 5.41) is 0. The Morgan fingerprint density at radius 1 is 1.42 bits per heavy atom. The SMILES string of the molecule is CC#CC1CCN(C(C)C)C1C. The lowest BCUT2D eigenvalue weighted by Gasteiger charge is -2.26. The molecule has 1 aliphatic rings. The Labute approximate surface area is 76.1 Å². The first-order chi connectivity index (χ1) is 5.66. The second kappa shape index (κ2) is 3.96. The van der Waals surface area contributed by atoms with Gasteiger partial charge in [-0.1, -0.05) is 5.92 Å². The molecule has 1 heteroatoms. The van der Waals surface area contributed by atoms with Gasteiger partial charge in [0.2, 0.25) is 0 Å². The number of nitrogens with zero attached hydrogens (tertiary/aromatic N) is 1. The van der Waals surface area contributed by atoms with Gasteiger partial charge in [-0.15, -0.1) is 5.92 Å². The Morgan fingerprint density at radius 3 is 2.50 bits per heavy atom. The van der Waals surface area contributed by atoms with Crippen LogP contribution in [0.5, 0.6) is 0 Å². The molecule has 1 heterocycles. The molecular formula is C11H19N. The lowest BCUT2D eigenvalue weighted by molar-refractivity contribution is 0.206. The zero-order valence-corrected chi connectivity index (χ0v) is 8.59. The van der Waals surface area contributed by atoms with Gasteiger partial charge in [0, 0.05) is 18.0 Å². The molecule has 0 saturated carbocycles. The van der Waals surface area contributed by atoms with Crippen molar-refractivity contribution < 1.29 is 0 Å². The van der Waals surface area contributed by atoms with E-state index in [1.807, 2.05) is 6.92 Å². The van der Waals surface area contributed by atoms with Crippen molar-refractivity contribution in [1.82, 2.24) is 4.90 Å². The molecule has 1 fully saturated rings. The fourth-order valence-electron chi connectivity index (χ4n) is 2.07. The smallest absolute Gasteiger partial charge is 0.0368 e. The van der Waals surface area contributed by atoms with Gasteiger partial charge in [-0.25, -0.2) is 0 Å². The number of hydrogen-bond acceptors (Lipinski definition) is 1. The van der Waals surface area contributed by atoms with Crippen molar-refractivity contribution in [2.24, 2.45) is 5.92 Å². The third-order valence-corrected chi connectivity index (χ3v) is 2.80. The maximum absolute atomic E-state index is 3.29. The van der Waals surface area contributed by atoms with Crippen LogP contribution >= 0.6 is 0 Å². The minimum atomic E-state index is 0.609. The monoisotopic (exact) mass is 165 g/mol. The van der Waals surface area contributed by atoms with E-state index in [1.165, 1.54) is 13.0 Å². The Balaban J connectivity index is 2.58. The molecule has 1 saturated heterocycles. The molecule has 1 nitrogen and oxygen atoms in total. The zero-order valence-electron chi connectivity index (χ0n) is 8.59. The first-order valence-electron chi connectivity index (χ1n) is 4.84. The van der Waals surface area contributed by atoms with Crippen molar-refractivity contribution in [3.05, 3.63) is 0 Å². The third-order valence-electron chi connectivity index (χ3n) is 2.80. The van der Waals surface area contributed by atoms with E-state index in [0.29, 0.717) is 18.0 Å². The Kier molecular flexibility index (Phi) is 3.17. The summed E-state index contributed by atoms with van der Waals surface area (Å²) in [4.78, 5) is 2.54. The van der Waals surface area contributed by atoms with E-state index in [4.69, 9.17) is 0 Å². The van der Waals surface area contributed by atoms with Crippen molar-refractivity contribution in [1.29, 1.82) is 0 Å². The molecule has 2 unspecified atom stereocenters. The summed E-state index contributed by atoms with van der Waals surface area (Å²) in [7, 11) is 0. The molecule has 1 rings (SSSR count). The van der Waals surface area contributed by atoms with Crippen molar-refractivity contribution in [3.63, 3.8) is 0 Å². The van der Waals surface area contributed by atoms with Crippen LogP contribution in [-0.2, 0) is 0 Å². The molecule has 0 aromatic carbocycles. The minimum Gasteiger partial charge on any atom is -0.297 e. The largest absolute Gasteiger partial charge is 0.297 e. The van der Waals surface area contributed by atoms with Crippen LogP contribution in [0.2, 0.25) is 0 Å². The topological polar surface area (TPSA) is 3.24 Å². The summed E-state index contributed by atoms with van der Waals surface area (Å²) >= 11 is 0. The fraction of sp³-hybridized carbons (Fsp3) is 0.818.